The van der Waals surface area contributed by atoms with Crippen LogP contribution in [0.1, 0.15) is 20.3 Å². The summed E-state index contributed by atoms with van der Waals surface area (Å²) in [6.45, 7) is 5.54. The number of aliphatic carboxylic acids is 1. The second-order valence-corrected chi connectivity index (χ2v) is 4.63. The zero-order chi connectivity index (χ0) is 14.3. The fourth-order valence-electron chi connectivity index (χ4n) is 1.50. The standard InChI is InChI=1S/C10H17N5O3S/c1-3-14(4-2)8(16)5-6-15-10(11-12-13-15)19-7-9(17)18/h3-7H2,1-2H3,(H,17,18). The Morgan fingerprint density at radius 2 is 2.05 bits per heavy atom. The van der Waals surface area contributed by atoms with E-state index >= 15 is 0 Å². The highest BCUT2D eigenvalue weighted by molar-refractivity contribution is 7.99. The van der Waals surface area contributed by atoms with Crippen molar-refractivity contribution in [1.82, 2.24) is 25.1 Å². The normalized spacial score (nSPS) is 10.4. The average molecular weight is 287 g/mol. The van der Waals surface area contributed by atoms with Gasteiger partial charge in [0.1, 0.15) is 0 Å². The van der Waals surface area contributed by atoms with Gasteiger partial charge in [-0.05, 0) is 24.3 Å². The van der Waals surface area contributed by atoms with E-state index in [9.17, 15) is 9.59 Å². The molecule has 9 heteroatoms. The molecule has 1 amide bonds. The van der Waals surface area contributed by atoms with Crippen molar-refractivity contribution in [3.63, 3.8) is 0 Å². The molecule has 0 bridgehead atoms. The van der Waals surface area contributed by atoms with Gasteiger partial charge in [-0.3, -0.25) is 9.59 Å². The van der Waals surface area contributed by atoms with Crippen molar-refractivity contribution in [3.05, 3.63) is 0 Å². The molecule has 0 aliphatic heterocycles. The number of hydrogen-bond acceptors (Lipinski definition) is 6. The summed E-state index contributed by atoms with van der Waals surface area (Å²) in [5, 5.41) is 20.0. The second kappa shape index (κ2) is 7.72. The minimum absolute atomic E-state index is 0.0367. The lowest BCUT2D eigenvalue weighted by atomic mass is 10.3. The molecule has 1 N–H and O–H groups in total. The van der Waals surface area contributed by atoms with E-state index in [0.29, 0.717) is 31.2 Å². The van der Waals surface area contributed by atoms with E-state index in [1.807, 2.05) is 13.8 Å². The van der Waals surface area contributed by atoms with Gasteiger partial charge in [-0.25, -0.2) is 4.68 Å². The minimum Gasteiger partial charge on any atom is -0.481 e. The first-order chi connectivity index (χ1) is 9.08. The number of amides is 1. The molecule has 0 aliphatic carbocycles. The van der Waals surface area contributed by atoms with Gasteiger partial charge >= 0.3 is 5.97 Å². The summed E-state index contributed by atoms with van der Waals surface area (Å²) in [7, 11) is 0. The summed E-state index contributed by atoms with van der Waals surface area (Å²) in [4.78, 5) is 24.0. The summed E-state index contributed by atoms with van der Waals surface area (Å²) in [6.07, 6.45) is 0.299. The molecule has 106 valence electrons. The molecule has 0 fully saturated rings. The van der Waals surface area contributed by atoms with Crippen molar-refractivity contribution in [2.75, 3.05) is 18.8 Å². The van der Waals surface area contributed by atoms with E-state index in [0.717, 1.165) is 11.8 Å². The molecule has 1 aromatic heterocycles. The van der Waals surface area contributed by atoms with Crippen LogP contribution in [0.15, 0.2) is 5.16 Å². The number of rotatable bonds is 8. The number of carbonyl (C=O) groups excluding carboxylic acids is 1. The lowest BCUT2D eigenvalue weighted by Crippen LogP contribution is -2.31. The van der Waals surface area contributed by atoms with Crippen LogP contribution in [0.2, 0.25) is 0 Å². The minimum atomic E-state index is -0.932. The van der Waals surface area contributed by atoms with Gasteiger partial charge < -0.3 is 10.0 Å². The van der Waals surface area contributed by atoms with Crippen LogP contribution in [0.5, 0.6) is 0 Å². The Balaban J connectivity index is 2.51. The number of nitrogens with zero attached hydrogens (tertiary/aromatic N) is 5. The number of tetrazole rings is 1. The number of carboxylic acids is 1. The SMILES string of the molecule is CCN(CC)C(=O)CCn1nnnc1SCC(=O)O. The molecule has 0 aliphatic rings. The lowest BCUT2D eigenvalue weighted by Gasteiger charge is -2.18. The molecule has 1 heterocycles. The molecule has 0 saturated heterocycles. The molecule has 0 radical (unpaired) electrons. The Morgan fingerprint density at radius 3 is 2.63 bits per heavy atom. The zero-order valence-corrected chi connectivity index (χ0v) is 11.8. The van der Waals surface area contributed by atoms with Crippen molar-refractivity contribution in [2.24, 2.45) is 0 Å². The first-order valence-corrected chi connectivity index (χ1v) is 6.95. The van der Waals surface area contributed by atoms with E-state index in [2.05, 4.69) is 15.5 Å². The first-order valence-electron chi connectivity index (χ1n) is 5.97. The monoisotopic (exact) mass is 287 g/mol. The molecule has 0 aromatic carbocycles. The fourth-order valence-corrected chi connectivity index (χ4v) is 2.13. The van der Waals surface area contributed by atoms with Crippen LogP contribution in [0.4, 0.5) is 0 Å². The Morgan fingerprint density at radius 1 is 1.37 bits per heavy atom. The predicted octanol–water partition coefficient (Wildman–Crippen LogP) is 0.108. The molecule has 1 aromatic rings. The number of carboxylic acid groups (broad SMARTS) is 1. The van der Waals surface area contributed by atoms with Gasteiger partial charge in [0.25, 0.3) is 0 Å². The van der Waals surface area contributed by atoms with Crippen LogP contribution in [0.3, 0.4) is 0 Å². The third-order valence-corrected chi connectivity index (χ3v) is 3.42. The number of aromatic nitrogens is 4. The van der Waals surface area contributed by atoms with Crippen molar-refractivity contribution in [1.29, 1.82) is 0 Å². The maximum atomic E-state index is 11.8. The van der Waals surface area contributed by atoms with Crippen LogP contribution in [0.25, 0.3) is 0 Å². The smallest absolute Gasteiger partial charge is 0.313 e. The molecule has 0 saturated carbocycles. The number of thioether (sulfide) groups is 1. The summed E-state index contributed by atoms with van der Waals surface area (Å²) in [5.74, 6) is -1.00. The molecule has 0 unspecified atom stereocenters. The van der Waals surface area contributed by atoms with E-state index in [4.69, 9.17) is 5.11 Å². The molecule has 1 rings (SSSR count). The Kier molecular flexibility index (Phi) is 6.26. The second-order valence-electron chi connectivity index (χ2n) is 3.68. The lowest BCUT2D eigenvalue weighted by molar-refractivity contribution is -0.134. The molecule has 0 atom stereocenters. The molecule has 0 spiro atoms. The van der Waals surface area contributed by atoms with Crippen molar-refractivity contribution in [2.45, 2.75) is 32.0 Å². The van der Waals surface area contributed by atoms with Crippen molar-refractivity contribution < 1.29 is 14.7 Å². The summed E-state index contributed by atoms with van der Waals surface area (Å²) < 4.78 is 1.45. The molecule has 8 nitrogen and oxygen atoms in total. The Labute approximate surface area is 115 Å². The van der Waals surface area contributed by atoms with Gasteiger partial charge in [-0.15, -0.1) is 5.10 Å². The number of carbonyl (C=O) groups is 2. The van der Waals surface area contributed by atoms with Crippen molar-refractivity contribution in [3.8, 4) is 0 Å². The predicted molar refractivity (Wildman–Crippen MR) is 68.7 cm³/mol. The van der Waals surface area contributed by atoms with E-state index < -0.39 is 5.97 Å². The van der Waals surface area contributed by atoms with E-state index in [1.54, 1.807) is 4.90 Å². The third kappa shape index (κ3) is 4.86. The highest BCUT2D eigenvalue weighted by atomic mass is 32.2. The van der Waals surface area contributed by atoms with Crippen LogP contribution in [-0.2, 0) is 16.1 Å². The molecule has 19 heavy (non-hydrogen) atoms. The van der Waals surface area contributed by atoms with E-state index in [-0.39, 0.29) is 11.7 Å². The summed E-state index contributed by atoms with van der Waals surface area (Å²) >= 11 is 1.04. The zero-order valence-electron chi connectivity index (χ0n) is 10.9. The van der Waals surface area contributed by atoms with Crippen LogP contribution < -0.4 is 0 Å². The highest BCUT2D eigenvalue weighted by Gasteiger charge is 2.13. The van der Waals surface area contributed by atoms with Gasteiger partial charge in [0.05, 0.1) is 12.3 Å². The van der Waals surface area contributed by atoms with Gasteiger partial charge in [-0.1, -0.05) is 11.8 Å². The number of hydrogen-bond donors (Lipinski definition) is 1. The number of aryl methyl sites for hydroxylation is 1. The average Bonchev–Trinajstić information content (AvgIpc) is 2.82. The quantitative estimate of drug-likeness (QED) is 0.677. The van der Waals surface area contributed by atoms with Crippen molar-refractivity contribution >= 4 is 23.6 Å². The summed E-state index contributed by atoms with van der Waals surface area (Å²) in [5.41, 5.74) is 0. The fraction of sp³-hybridized carbons (Fsp3) is 0.700. The van der Waals surface area contributed by atoms with Gasteiger partial charge in [-0.2, -0.15) is 0 Å². The highest BCUT2D eigenvalue weighted by Crippen LogP contribution is 2.13. The Bertz CT molecular complexity index is 433. The molecular weight excluding hydrogens is 270 g/mol. The summed E-state index contributed by atoms with van der Waals surface area (Å²) in [6, 6.07) is 0. The van der Waals surface area contributed by atoms with E-state index in [1.165, 1.54) is 4.68 Å². The van der Waals surface area contributed by atoms with Crippen LogP contribution >= 0.6 is 11.8 Å². The largest absolute Gasteiger partial charge is 0.481 e. The third-order valence-electron chi connectivity index (χ3n) is 2.48. The topological polar surface area (TPSA) is 101 Å². The van der Waals surface area contributed by atoms with Gasteiger partial charge in [0.15, 0.2) is 0 Å². The van der Waals surface area contributed by atoms with Crippen LogP contribution in [-0.4, -0.2) is 60.9 Å². The maximum Gasteiger partial charge on any atom is 0.313 e. The molecular formula is C10H17N5O3S. The van der Waals surface area contributed by atoms with Gasteiger partial charge in [0.2, 0.25) is 11.1 Å². The van der Waals surface area contributed by atoms with Gasteiger partial charge in [0, 0.05) is 19.5 Å². The Hall–Kier alpha value is -1.64. The first kappa shape index (κ1) is 15.4. The van der Waals surface area contributed by atoms with Crippen LogP contribution in [0, 0.1) is 0 Å². The maximum absolute atomic E-state index is 11.8.